The van der Waals surface area contributed by atoms with Crippen LogP contribution in [0.5, 0.6) is 0 Å². The number of aromatic nitrogens is 3. The molecule has 156 valence electrons. The van der Waals surface area contributed by atoms with Crippen molar-refractivity contribution in [2.75, 3.05) is 26.2 Å². The van der Waals surface area contributed by atoms with Crippen LogP contribution in [0.1, 0.15) is 58.2 Å². The van der Waals surface area contributed by atoms with Gasteiger partial charge in [0.05, 0.1) is 11.4 Å². The molecule has 1 N–H and O–H groups in total. The van der Waals surface area contributed by atoms with E-state index >= 15 is 0 Å². The number of hydrogen-bond donors (Lipinski definition) is 1. The standard InChI is InChI=1S/C22H31N5O2/c1-22(2,3)21(29)27-12-6-8-16(14-27)20(28)26-11-5-7-15(13-26)18-24-17-9-4-10-23-19(17)25-18/h4,9-10,15-16H,5-8,11-14H2,1-3H3,(H,23,24,25). The molecule has 0 saturated carbocycles. The smallest absolute Gasteiger partial charge is 0.227 e. The largest absolute Gasteiger partial charge is 0.342 e. The first-order chi connectivity index (χ1) is 13.8. The van der Waals surface area contributed by atoms with E-state index in [-0.39, 0.29) is 23.7 Å². The lowest BCUT2D eigenvalue weighted by molar-refractivity contribution is -0.145. The summed E-state index contributed by atoms with van der Waals surface area (Å²) in [5.74, 6) is 1.37. The molecule has 2 unspecified atom stereocenters. The van der Waals surface area contributed by atoms with Gasteiger partial charge in [0.2, 0.25) is 11.8 Å². The third kappa shape index (κ3) is 4.14. The second kappa shape index (κ2) is 7.76. The van der Waals surface area contributed by atoms with Crippen molar-refractivity contribution in [2.45, 2.75) is 52.4 Å². The van der Waals surface area contributed by atoms with E-state index < -0.39 is 5.41 Å². The van der Waals surface area contributed by atoms with Gasteiger partial charge in [0.25, 0.3) is 0 Å². The highest BCUT2D eigenvalue weighted by Gasteiger charge is 2.36. The number of carbonyl (C=O) groups excluding carboxylic acids is 2. The SMILES string of the molecule is CC(C)(C)C(=O)N1CCCC(C(=O)N2CCCC(c3nc4ncccc4[nH]3)C2)C1. The summed E-state index contributed by atoms with van der Waals surface area (Å²) < 4.78 is 0. The molecule has 0 aliphatic carbocycles. The number of nitrogens with zero attached hydrogens (tertiary/aromatic N) is 4. The van der Waals surface area contributed by atoms with E-state index in [2.05, 4.69) is 15.0 Å². The van der Waals surface area contributed by atoms with Gasteiger partial charge < -0.3 is 14.8 Å². The Hall–Kier alpha value is -2.44. The van der Waals surface area contributed by atoms with Crippen LogP contribution in [0.25, 0.3) is 11.2 Å². The first-order valence-corrected chi connectivity index (χ1v) is 10.7. The lowest BCUT2D eigenvalue weighted by Crippen LogP contribution is -2.50. The lowest BCUT2D eigenvalue weighted by Gasteiger charge is -2.39. The number of hydrogen-bond acceptors (Lipinski definition) is 4. The molecule has 0 radical (unpaired) electrons. The Kier molecular flexibility index (Phi) is 5.32. The normalized spacial score (nSPS) is 23.4. The second-order valence-corrected chi connectivity index (χ2v) is 9.46. The van der Waals surface area contributed by atoms with Gasteiger partial charge in [0.1, 0.15) is 5.82 Å². The van der Waals surface area contributed by atoms with Crippen molar-refractivity contribution in [1.82, 2.24) is 24.8 Å². The van der Waals surface area contributed by atoms with E-state index in [0.717, 1.165) is 55.8 Å². The molecule has 7 nitrogen and oxygen atoms in total. The van der Waals surface area contributed by atoms with E-state index in [4.69, 9.17) is 0 Å². The van der Waals surface area contributed by atoms with Gasteiger partial charge in [-0.2, -0.15) is 0 Å². The Balaban J connectivity index is 1.43. The summed E-state index contributed by atoms with van der Waals surface area (Å²) >= 11 is 0. The maximum Gasteiger partial charge on any atom is 0.227 e. The number of fused-ring (bicyclic) bond motifs is 1. The number of aromatic amines is 1. The summed E-state index contributed by atoms with van der Waals surface area (Å²) in [7, 11) is 0. The summed E-state index contributed by atoms with van der Waals surface area (Å²) in [5.41, 5.74) is 1.26. The number of likely N-dealkylation sites (tertiary alicyclic amines) is 2. The van der Waals surface area contributed by atoms with Gasteiger partial charge in [0, 0.05) is 43.7 Å². The monoisotopic (exact) mass is 397 g/mol. The van der Waals surface area contributed by atoms with Gasteiger partial charge >= 0.3 is 0 Å². The number of rotatable bonds is 2. The summed E-state index contributed by atoms with van der Waals surface area (Å²) in [6.07, 6.45) is 5.49. The second-order valence-electron chi connectivity index (χ2n) is 9.46. The summed E-state index contributed by atoms with van der Waals surface area (Å²) in [5, 5.41) is 0. The number of pyridine rings is 1. The van der Waals surface area contributed by atoms with Crippen molar-refractivity contribution in [3.05, 3.63) is 24.2 Å². The summed E-state index contributed by atoms with van der Waals surface area (Å²) in [6.45, 7) is 8.60. The van der Waals surface area contributed by atoms with Crippen molar-refractivity contribution in [3.8, 4) is 0 Å². The zero-order valence-electron chi connectivity index (χ0n) is 17.6. The third-order valence-electron chi connectivity index (χ3n) is 6.09. The van der Waals surface area contributed by atoms with Crippen LogP contribution in [0.2, 0.25) is 0 Å². The van der Waals surface area contributed by atoms with E-state index in [1.54, 1.807) is 6.20 Å². The molecule has 2 aliphatic rings. The van der Waals surface area contributed by atoms with Crippen LogP contribution < -0.4 is 0 Å². The first-order valence-electron chi connectivity index (χ1n) is 10.7. The molecule has 4 heterocycles. The van der Waals surface area contributed by atoms with Gasteiger partial charge in [-0.05, 0) is 37.8 Å². The highest BCUT2D eigenvalue weighted by Crippen LogP contribution is 2.29. The molecule has 0 aromatic carbocycles. The number of amides is 2. The molecule has 2 amide bonds. The van der Waals surface area contributed by atoms with Crippen molar-refractivity contribution >= 4 is 23.0 Å². The molecule has 2 aliphatic heterocycles. The van der Waals surface area contributed by atoms with Crippen LogP contribution in [0.4, 0.5) is 0 Å². The highest BCUT2D eigenvalue weighted by atomic mass is 16.2. The minimum absolute atomic E-state index is 0.0915. The summed E-state index contributed by atoms with van der Waals surface area (Å²) in [4.78, 5) is 42.1. The van der Waals surface area contributed by atoms with Crippen LogP contribution in [0.3, 0.4) is 0 Å². The summed E-state index contributed by atoms with van der Waals surface area (Å²) in [6, 6.07) is 3.88. The molecule has 4 rings (SSSR count). The topological polar surface area (TPSA) is 82.2 Å². The first kappa shape index (κ1) is 19.9. The van der Waals surface area contributed by atoms with Crippen LogP contribution >= 0.6 is 0 Å². The maximum atomic E-state index is 13.3. The van der Waals surface area contributed by atoms with Gasteiger partial charge in [-0.25, -0.2) is 9.97 Å². The van der Waals surface area contributed by atoms with Gasteiger partial charge in [-0.15, -0.1) is 0 Å². The minimum atomic E-state index is -0.406. The molecule has 2 aromatic rings. The molecular weight excluding hydrogens is 366 g/mol. The van der Waals surface area contributed by atoms with Crippen LogP contribution in [-0.4, -0.2) is 62.7 Å². The Morgan fingerprint density at radius 1 is 1.10 bits per heavy atom. The van der Waals surface area contributed by atoms with Crippen molar-refractivity contribution in [2.24, 2.45) is 11.3 Å². The maximum absolute atomic E-state index is 13.3. The number of piperidine rings is 2. The predicted octanol–water partition coefficient (Wildman–Crippen LogP) is 2.95. The lowest BCUT2D eigenvalue weighted by atomic mass is 9.89. The molecule has 29 heavy (non-hydrogen) atoms. The third-order valence-corrected chi connectivity index (χ3v) is 6.09. The average molecular weight is 398 g/mol. The van der Waals surface area contributed by atoms with E-state index in [1.807, 2.05) is 42.7 Å². The molecule has 2 aromatic heterocycles. The molecule has 2 fully saturated rings. The van der Waals surface area contributed by atoms with E-state index in [0.29, 0.717) is 13.1 Å². The quantitative estimate of drug-likeness (QED) is 0.845. The Labute approximate surface area is 171 Å². The fraction of sp³-hybridized carbons (Fsp3) is 0.636. The van der Waals surface area contributed by atoms with E-state index in [1.165, 1.54) is 0 Å². The predicted molar refractivity (Wildman–Crippen MR) is 111 cm³/mol. The van der Waals surface area contributed by atoms with Crippen molar-refractivity contribution < 1.29 is 9.59 Å². The van der Waals surface area contributed by atoms with Gasteiger partial charge in [0.15, 0.2) is 5.65 Å². The number of imidazole rings is 1. The van der Waals surface area contributed by atoms with Crippen molar-refractivity contribution in [1.29, 1.82) is 0 Å². The fourth-order valence-electron chi connectivity index (χ4n) is 4.55. The van der Waals surface area contributed by atoms with E-state index in [9.17, 15) is 9.59 Å². The Morgan fingerprint density at radius 3 is 2.62 bits per heavy atom. The molecule has 2 atom stereocenters. The van der Waals surface area contributed by atoms with Crippen LogP contribution in [0.15, 0.2) is 18.3 Å². The molecular formula is C22H31N5O2. The van der Waals surface area contributed by atoms with Crippen molar-refractivity contribution in [3.63, 3.8) is 0 Å². The molecule has 7 heteroatoms. The number of carbonyl (C=O) groups is 2. The van der Waals surface area contributed by atoms with Gasteiger partial charge in [-0.3, -0.25) is 9.59 Å². The van der Waals surface area contributed by atoms with Crippen LogP contribution in [0, 0.1) is 11.3 Å². The molecule has 0 spiro atoms. The minimum Gasteiger partial charge on any atom is -0.342 e. The average Bonchev–Trinajstić information content (AvgIpc) is 3.16. The molecule has 2 saturated heterocycles. The Bertz CT molecular complexity index is 867. The highest BCUT2D eigenvalue weighted by molar-refractivity contribution is 5.84. The zero-order valence-corrected chi connectivity index (χ0v) is 17.6. The number of H-pyrrole nitrogens is 1. The fourth-order valence-corrected chi connectivity index (χ4v) is 4.55. The Morgan fingerprint density at radius 2 is 1.86 bits per heavy atom. The van der Waals surface area contributed by atoms with Crippen LogP contribution in [-0.2, 0) is 9.59 Å². The number of nitrogens with one attached hydrogen (secondary N) is 1. The van der Waals surface area contributed by atoms with Gasteiger partial charge in [-0.1, -0.05) is 20.8 Å². The molecule has 0 bridgehead atoms. The zero-order chi connectivity index (χ0) is 20.6.